The average molecular weight is 348 g/mol. The van der Waals surface area contributed by atoms with Crippen LogP contribution in [0.3, 0.4) is 0 Å². The van der Waals surface area contributed by atoms with E-state index in [9.17, 15) is 8.42 Å². The Kier molecular flexibility index (Phi) is 3.57. The van der Waals surface area contributed by atoms with Crippen LogP contribution in [0.5, 0.6) is 0 Å². The Morgan fingerprint density at radius 2 is 1.96 bits per heavy atom. The van der Waals surface area contributed by atoms with Crippen molar-refractivity contribution in [3.05, 3.63) is 30.2 Å². The van der Waals surface area contributed by atoms with Gasteiger partial charge < -0.3 is 4.90 Å². The highest BCUT2D eigenvalue weighted by Crippen LogP contribution is 2.39. The van der Waals surface area contributed by atoms with Crippen LogP contribution in [-0.2, 0) is 17.1 Å². The van der Waals surface area contributed by atoms with Gasteiger partial charge in [0.25, 0.3) is 0 Å². The summed E-state index contributed by atoms with van der Waals surface area (Å²) in [6.07, 6.45) is 5.31. The maximum Gasteiger partial charge on any atom is 0.246 e. The van der Waals surface area contributed by atoms with E-state index in [0.717, 1.165) is 11.5 Å². The van der Waals surface area contributed by atoms with Crippen LogP contribution in [-0.4, -0.2) is 58.9 Å². The summed E-state index contributed by atoms with van der Waals surface area (Å²) in [5, 5.41) is 12.5. The zero-order valence-electron chi connectivity index (χ0n) is 13.7. The van der Waals surface area contributed by atoms with Crippen LogP contribution >= 0.6 is 0 Å². The Bertz CT molecular complexity index is 837. The van der Waals surface area contributed by atoms with Crippen molar-refractivity contribution in [3.8, 4) is 0 Å². The van der Waals surface area contributed by atoms with Gasteiger partial charge in [-0.3, -0.25) is 4.68 Å². The molecule has 2 fully saturated rings. The van der Waals surface area contributed by atoms with Crippen LogP contribution in [0.15, 0.2) is 29.4 Å². The maximum absolute atomic E-state index is 12.6. The summed E-state index contributed by atoms with van der Waals surface area (Å²) in [5.41, 5.74) is 1.06. The summed E-state index contributed by atoms with van der Waals surface area (Å²) in [7, 11) is -0.187. The Morgan fingerprint density at radius 1 is 1.21 bits per heavy atom. The first-order valence-corrected chi connectivity index (χ1v) is 9.44. The smallest absolute Gasteiger partial charge is 0.246 e. The Morgan fingerprint density at radius 3 is 2.50 bits per heavy atom. The van der Waals surface area contributed by atoms with Gasteiger partial charge in [0.1, 0.15) is 4.90 Å². The van der Waals surface area contributed by atoms with E-state index in [1.54, 1.807) is 14.1 Å². The molecule has 24 heavy (non-hydrogen) atoms. The molecule has 4 rings (SSSR count). The van der Waals surface area contributed by atoms with Gasteiger partial charge in [0.05, 0.1) is 17.9 Å². The molecule has 9 heteroatoms. The summed E-state index contributed by atoms with van der Waals surface area (Å²) >= 11 is 0. The zero-order valence-corrected chi connectivity index (χ0v) is 14.5. The zero-order chi connectivity index (χ0) is 16.9. The van der Waals surface area contributed by atoms with Gasteiger partial charge in [0.2, 0.25) is 10.0 Å². The summed E-state index contributed by atoms with van der Waals surface area (Å²) in [4.78, 5) is 2.27. The highest BCUT2D eigenvalue weighted by Gasteiger charge is 2.38. The first-order valence-electron chi connectivity index (χ1n) is 8.00. The Labute approximate surface area is 141 Å². The van der Waals surface area contributed by atoms with Crippen molar-refractivity contribution in [2.45, 2.75) is 29.7 Å². The van der Waals surface area contributed by atoms with E-state index in [4.69, 9.17) is 0 Å². The summed E-state index contributed by atoms with van der Waals surface area (Å²) < 4.78 is 28.1. The molecule has 1 saturated carbocycles. The van der Waals surface area contributed by atoms with Crippen LogP contribution in [0.25, 0.3) is 0 Å². The van der Waals surface area contributed by atoms with E-state index in [1.165, 1.54) is 34.2 Å². The molecule has 8 nitrogen and oxygen atoms in total. The summed E-state index contributed by atoms with van der Waals surface area (Å²) in [5.74, 6) is 1.40. The fourth-order valence-electron chi connectivity index (χ4n) is 2.87. The number of anilines is 1. The molecule has 1 saturated heterocycles. The van der Waals surface area contributed by atoms with Gasteiger partial charge in [0.15, 0.2) is 5.82 Å². The van der Waals surface area contributed by atoms with Crippen molar-refractivity contribution in [3.63, 3.8) is 0 Å². The second-order valence-electron chi connectivity index (χ2n) is 6.52. The Hall–Kier alpha value is -2.00. The molecule has 1 aliphatic carbocycles. The molecule has 0 unspecified atom stereocenters. The molecule has 2 aromatic rings. The van der Waals surface area contributed by atoms with Crippen molar-refractivity contribution in [2.24, 2.45) is 7.05 Å². The molecule has 2 aromatic heterocycles. The minimum absolute atomic E-state index is 0.0693. The van der Waals surface area contributed by atoms with Gasteiger partial charge in [-0.05, 0) is 25.0 Å². The summed E-state index contributed by atoms with van der Waals surface area (Å²) in [6.45, 7) is 1.24. The van der Waals surface area contributed by atoms with E-state index in [2.05, 4.69) is 15.3 Å². The van der Waals surface area contributed by atoms with E-state index in [-0.39, 0.29) is 10.9 Å². The minimum atomic E-state index is -3.51. The number of likely N-dealkylation sites (N-methyl/N-ethyl adjacent to an activating group) is 1. The van der Waals surface area contributed by atoms with Crippen molar-refractivity contribution in [1.29, 1.82) is 0 Å². The standard InChI is InChI=1S/C15H20N6O2S/c1-19-10-13(7-16-19)24(22,23)20(2)12-8-21(9-12)15-6-5-14(17-18-15)11-3-4-11/h5-7,10-12H,3-4,8-9H2,1-2H3. The van der Waals surface area contributed by atoms with Gasteiger partial charge in [-0.25, -0.2) is 8.42 Å². The highest BCUT2D eigenvalue weighted by molar-refractivity contribution is 7.89. The molecule has 0 aromatic carbocycles. The molecule has 2 aliphatic rings. The van der Waals surface area contributed by atoms with E-state index < -0.39 is 10.0 Å². The molecule has 0 spiro atoms. The van der Waals surface area contributed by atoms with Gasteiger partial charge in [-0.1, -0.05) is 0 Å². The number of sulfonamides is 1. The number of hydrogen-bond acceptors (Lipinski definition) is 6. The largest absolute Gasteiger partial charge is 0.352 e. The number of aryl methyl sites for hydroxylation is 1. The van der Waals surface area contributed by atoms with Gasteiger partial charge >= 0.3 is 0 Å². The van der Waals surface area contributed by atoms with Gasteiger partial charge in [-0.15, -0.1) is 5.10 Å². The predicted octanol–water partition coefficient (Wildman–Crippen LogP) is 0.597. The molecule has 0 radical (unpaired) electrons. The average Bonchev–Trinajstić information content (AvgIpc) is 3.27. The molecule has 0 bridgehead atoms. The fraction of sp³-hybridized carbons (Fsp3) is 0.533. The topological polar surface area (TPSA) is 84.2 Å². The van der Waals surface area contributed by atoms with Crippen LogP contribution < -0.4 is 4.90 Å². The molecular formula is C15H20N6O2S. The van der Waals surface area contributed by atoms with E-state index in [1.807, 2.05) is 17.0 Å². The number of rotatable bonds is 5. The normalized spacial score (nSPS) is 18.9. The van der Waals surface area contributed by atoms with Crippen LogP contribution in [0, 0.1) is 0 Å². The SMILES string of the molecule is CN(C1CN(c2ccc(C3CC3)nn2)C1)S(=O)(=O)c1cnn(C)c1. The first kappa shape index (κ1) is 15.5. The van der Waals surface area contributed by atoms with Gasteiger partial charge in [0, 0.05) is 39.3 Å². The lowest BCUT2D eigenvalue weighted by molar-refractivity contribution is 0.309. The monoisotopic (exact) mass is 348 g/mol. The fourth-order valence-corrected chi connectivity index (χ4v) is 4.19. The second kappa shape index (κ2) is 5.52. The number of nitrogens with zero attached hydrogens (tertiary/aromatic N) is 6. The lowest BCUT2D eigenvalue weighted by Crippen LogP contribution is -2.60. The lowest BCUT2D eigenvalue weighted by atomic mass is 10.1. The summed E-state index contributed by atoms with van der Waals surface area (Å²) in [6, 6.07) is 3.94. The van der Waals surface area contributed by atoms with Crippen LogP contribution in [0.4, 0.5) is 5.82 Å². The highest BCUT2D eigenvalue weighted by atomic mass is 32.2. The molecule has 0 amide bonds. The van der Waals surface area contributed by atoms with Crippen LogP contribution in [0.1, 0.15) is 24.5 Å². The minimum Gasteiger partial charge on any atom is -0.352 e. The van der Waals surface area contributed by atoms with E-state index >= 15 is 0 Å². The predicted molar refractivity (Wildman–Crippen MR) is 88.2 cm³/mol. The third kappa shape index (κ3) is 2.67. The van der Waals surface area contributed by atoms with Crippen LogP contribution in [0.2, 0.25) is 0 Å². The number of aromatic nitrogens is 4. The molecule has 0 N–H and O–H groups in total. The molecule has 0 atom stereocenters. The Balaban J connectivity index is 1.41. The van der Waals surface area contributed by atoms with E-state index in [0.29, 0.717) is 19.0 Å². The quantitative estimate of drug-likeness (QED) is 0.787. The van der Waals surface area contributed by atoms with Gasteiger partial charge in [-0.2, -0.15) is 14.5 Å². The second-order valence-corrected chi connectivity index (χ2v) is 8.52. The molecule has 1 aliphatic heterocycles. The van der Waals surface area contributed by atoms with Crippen molar-refractivity contribution < 1.29 is 8.42 Å². The third-order valence-electron chi connectivity index (χ3n) is 4.73. The lowest BCUT2D eigenvalue weighted by Gasteiger charge is -2.43. The van der Waals surface area contributed by atoms with Crippen molar-refractivity contribution in [2.75, 3.05) is 25.0 Å². The third-order valence-corrected chi connectivity index (χ3v) is 6.59. The molecule has 3 heterocycles. The number of hydrogen-bond donors (Lipinski definition) is 0. The van der Waals surface area contributed by atoms with Crippen molar-refractivity contribution >= 4 is 15.8 Å². The molecular weight excluding hydrogens is 328 g/mol. The van der Waals surface area contributed by atoms with Crippen molar-refractivity contribution in [1.82, 2.24) is 24.3 Å². The first-order chi connectivity index (χ1) is 11.4. The maximum atomic E-state index is 12.6. The molecule has 128 valence electrons.